The highest BCUT2D eigenvalue weighted by Crippen LogP contribution is 2.45. The van der Waals surface area contributed by atoms with Crippen molar-refractivity contribution >= 4 is 39.5 Å². The molecule has 0 aromatic rings. The number of carbonyl (C=O) groups excluding carboxylic acids is 4. The van der Waals surface area contributed by atoms with Crippen LogP contribution in [-0.4, -0.2) is 96.7 Å². The van der Waals surface area contributed by atoms with Gasteiger partial charge in [-0.25, -0.2) is 9.13 Å². The first-order chi connectivity index (χ1) is 48.5. The Labute approximate surface area is 613 Å². The van der Waals surface area contributed by atoms with Crippen molar-refractivity contribution in [2.45, 2.75) is 451 Å². The molecule has 594 valence electrons. The third kappa shape index (κ3) is 74.3. The largest absolute Gasteiger partial charge is 0.472 e. The van der Waals surface area contributed by atoms with Crippen LogP contribution in [0.1, 0.15) is 433 Å². The molecule has 3 N–H and O–H groups in total. The molecular formula is C81H158O17P2. The predicted molar refractivity (Wildman–Crippen MR) is 409 cm³/mol. The number of unbranched alkanes of at least 4 members (excludes halogenated alkanes) is 53. The van der Waals surface area contributed by atoms with E-state index in [-0.39, 0.29) is 25.7 Å². The summed E-state index contributed by atoms with van der Waals surface area (Å²) in [6, 6.07) is 0. The Balaban J connectivity index is 5.21. The summed E-state index contributed by atoms with van der Waals surface area (Å²) < 4.78 is 68.7. The second-order valence-electron chi connectivity index (χ2n) is 29.6. The highest BCUT2D eigenvalue weighted by atomic mass is 31.2. The Kier molecular flexibility index (Phi) is 72.5. The van der Waals surface area contributed by atoms with Crippen LogP contribution in [0.2, 0.25) is 0 Å². The van der Waals surface area contributed by atoms with Gasteiger partial charge in [-0.05, 0) is 31.6 Å². The first-order valence-electron chi connectivity index (χ1n) is 42.1. The number of phosphoric acid groups is 2. The number of ether oxygens (including phenoxy) is 4. The van der Waals surface area contributed by atoms with Gasteiger partial charge in [-0.3, -0.25) is 37.3 Å². The molecule has 0 aromatic carbocycles. The maximum absolute atomic E-state index is 13.1. The maximum atomic E-state index is 13.1. The summed E-state index contributed by atoms with van der Waals surface area (Å²) in [5.74, 6) is -1.34. The fourth-order valence-electron chi connectivity index (χ4n) is 12.6. The summed E-state index contributed by atoms with van der Waals surface area (Å²) in [6.45, 7) is 7.31. The van der Waals surface area contributed by atoms with Crippen LogP contribution in [0.5, 0.6) is 0 Å². The van der Waals surface area contributed by atoms with Crippen LogP contribution in [0, 0.1) is 5.92 Å². The highest BCUT2D eigenvalue weighted by molar-refractivity contribution is 7.47. The zero-order valence-corrected chi connectivity index (χ0v) is 67.1. The van der Waals surface area contributed by atoms with Crippen molar-refractivity contribution in [3.8, 4) is 0 Å². The normalized spacial score (nSPS) is 13.8. The van der Waals surface area contributed by atoms with Gasteiger partial charge in [0.15, 0.2) is 12.2 Å². The molecule has 0 rings (SSSR count). The van der Waals surface area contributed by atoms with Crippen LogP contribution in [0.3, 0.4) is 0 Å². The van der Waals surface area contributed by atoms with E-state index in [0.29, 0.717) is 25.7 Å². The van der Waals surface area contributed by atoms with E-state index in [1.54, 1.807) is 0 Å². The Morgan fingerprint density at radius 3 is 0.680 bits per heavy atom. The molecule has 0 heterocycles. The van der Waals surface area contributed by atoms with Gasteiger partial charge in [0.1, 0.15) is 19.3 Å². The van der Waals surface area contributed by atoms with Crippen LogP contribution in [-0.2, 0) is 65.4 Å². The minimum Gasteiger partial charge on any atom is -0.462 e. The van der Waals surface area contributed by atoms with E-state index < -0.39 is 97.5 Å². The Morgan fingerprint density at radius 2 is 0.460 bits per heavy atom. The summed E-state index contributed by atoms with van der Waals surface area (Å²) in [5, 5.41) is 10.6. The molecule has 17 nitrogen and oxygen atoms in total. The number of esters is 4. The zero-order chi connectivity index (χ0) is 73.4. The molecular weight excluding hydrogens is 1310 g/mol. The fourth-order valence-corrected chi connectivity index (χ4v) is 14.2. The van der Waals surface area contributed by atoms with Gasteiger partial charge in [0, 0.05) is 25.7 Å². The van der Waals surface area contributed by atoms with E-state index >= 15 is 0 Å². The SMILES string of the molecule is CCCCCCCCCCCCCCCCCCCCCCC(=O)O[C@H](COC(=O)CCCCCCCCCCCCCCCCCCC)COP(=O)(O)OC[C@@H](O)COP(=O)(O)OC[C@@H](COC(=O)CCCCCCCCCCC)OC(=O)CCCCCCCCCCCCCC(C)C. The summed E-state index contributed by atoms with van der Waals surface area (Å²) in [5.41, 5.74) is 0. The molecule has 19 heteroatoms. The number of hydrogen-bond acceptors (Lipinski definition) is 15. The molecule has 0 aromatic heterocycles. The quantitative estimate of drug-likeness (QED) is 0.0222. The highest BCUT2D eigenvalue weighted by Gasteiger charge is 2.30. The van der Waals surface area contributed by atoms with E-state index in [2.05, 4.69) is 34.6 Å². The second kappa shape index (κ2) is 73.9. The van der Waals surface area contributed by atoms with E-state index in [0.717, 1.165) is 95.8 Å². The molecule has 0 saturated carbocycles. The topological polar surface area (TPSA) is 237 Å². The molecule has 5 atom stereocenters. The zero-order valence-electron chi connectivity index (χ0n) is 65.3. The number of aliphatic hydroxyl groups is 1. The molecule has 0 saturated heterocycles. The Bertz CT molecular complexity index is 1910. The van der Waals surface area contributed by atoms with Gasteiger partial charge in [-0.15, -0.1) is 0 Å². The number of carbonyl (C=O) groups is 4. The van der Waals surface area contributed by atoms with Crippen LogP contribution < -0.4 is 0 Å². The first-order valence-corrected chi connectivity index (χ1v) is 45.1. The number of phosphoric ester groups is 2. The lowest BCUT2D eigenvalue weighted by Crippen LogP contribution is -2.30. The summed E-state index contributed by atoms with van der Waals surface area (Å²) >= 11 is 0. The lowest BCUT2D eigenvalue weighted by molar-refractivity contribution is -0.161. The lowest BCUT2D eigenvalue weighted by atomic mass is 10.0. The van der Waals surface area contributed by atoms with Gasteiger partial charge < -0.3 is 33.8 Å². The van der Waals surface area contributed by atoms with Crippen LogP contribution in [0.4, 0.5) is 0 Å². The minimum absolute atomic E-state index is 0.107. The molecule has 0 aliphatic heterocycles. The van der Waals surface area contributed by atoms with Crippen molar-refractivity contribution in [1.82, 2.24) is 0 Å². The van der Waals surface area contributed by atoms with Crippen molar-refractivity contribution in [2.24, 2.45) is 5.92 Å². The van der Waals surface area contributed by atoms with Crippen LogP contribution >= 0.6 is 15.6 Å². The molecule has 0 fully saturated rings. The van der Waals surface area contributed by atoms with Crippen molar-refractivity contribution < 1.29 is 80.2 Å². The van der Waals surface area contributed by atoms with E-state index in [1.807, 2.05) is 0 Å². The van der Waals surface area contributed by atoms with Crippen molar-refractivity contribution in [2.75, 3.05) is 39.6 Å². The van der Waals surface area contributed by atoms with E-state index in [4.69, 9.17) is 37.0 Å². The van der Waals surface area contributed by atoms with Crippen molar-refractivity contribution in [3.63, 3.8) is 0 Å². The molecule has 0 spiro atoms. The minimum atomic E-state index is -4.96. The van der Waals surface area contributed by atoms with E-state index in [9.17, 15) is 43.2 Å². The smallest absolute Gasteiger partial charge is 0.462 e. The Morgan fingerprint density at radius 1 is 0.270 bits per heavy atom. The van der Waals surface area contributed by atoms with E-state index in [1.165, 1.54) is 257 Å². The molecule has 2 unspecified atom stereocenters. The predicted octanol–water partition coefficient (Wildman–Crippen LogP) is 24.4. The molecule has 0 aliphatic rings. The van der Waals surface area contributed by atoms with Gasteiger partial charge in [0.05, 0.1) is 26.4 Å². The average Bonchev–Trinajstić information content (AvgIpc) is 0.924. The third-order valence-electron chi connectivity index (χ3n) is 19.0. The molecule has 0 aliphatic carbocycles. The summed E-state index contributed by atoms with van der Waals surface area (Å²) in [6.07, 6.45) is 65.3. The number of hydrogen-bond donors (Lipinski definition) is 3. The molecule has 0 bridgehead atoms. The standard InChI is InChI=1S/C81H158O17P2/c1-6-9-12-15-18-21-23-25-27-29-30-31-33-35-37-41-46-51-56-61-66-80(85)98-77(71-92-79(84)65-60-55-50-45-40-36-34-32-28-26-24-22-19-16-13-10-7-2)73-96-100(89,90)94-69-75(82)68-93-99(87,88)95-72-76(70-91-78(83)64-59-54-49-43-20-17-14-11-8-3)97-81(86)67-62-57-52-47-42-38-39-44-48-53-58-63-74(4)5/h74-77,82H,6-73H2,1-5H3,(H,87,88)(H,89,90)/t75-,76+,77+/m0/s1. The average molecular weight is 1470 g/mol. The van der Waals surface area contributed by atoms with Crippen LogP contribution in [0.25, 0.3) is 0 Å². The maximum Gasteiger partial charge on any atom is 0.472 e. The van der Waals surface area contributed by atoms with Gasteiger partial charge in [0.2, 0.25) is 0 Å². The van der Waals surface area contributed by atoms with Crippen molar-refractivity contribution in [3.05, 3.63) is 0 Å². The van der Waals surface area contributed by atoms with Crippen molar-refractivity contribution in [1.29, 1.82) is 0 Å². The molecule has 100 heavy (non-hydrogen) atoms. The van der Waals surface area contributed by atoms with Gasteiger partial charge in [-0.2, -0.15) is 0 Å². The second-order valence-corrected chi connectivity index (χ2v) is 32.5. The van der Waals surface area contributed by atoms with Crippen LogP contribution in [0.15, 0.2) is 0 Å². The number of rotatable bonds is 81. The number of aliphatic hydroxyl groups excluding tert-OH is 1. The Hall–Kier alpha value is -1.94. The van der Waals surface area contributed by atoms with Gasteiger partial charge in [-0.1, -0.05) is 381 Å². The third-order valence-corrected chi connectivity index (χ3v) is 20.9. The van der Waals surface area contributed by atoms with Gasteiger partial charge >= 0.3 is 39.5 Å². The molecule has 0 radical (unpaired) electrons. The van der Waals surface area contributed by atoms with Gasteiger partial charge in [0.25, 0.3) is 0 Å². The first kappa shape index (κ1) is 98.1. The lowest BCUT2D eigenvalue weighted by Gasteiger charge is -2.21. The summed E-state index contributed by atoms with van der Waals surface area (Å²) in [7, 11) is -9.92. The fraction of sp³-hybridized carbons (Fsp3) is 0.951. The molecule has 0 amide bonds. The monoisotopic (exact) mass is 1470 g/mol. The summed E-state index contributed by atoms with van der Waals surface area (Å²) in [4.78, 5) is 73.0.